The lowest BCUT2D eigenvalue weighted by Gasteiger charge is -1.79. The van der Waals surface area contributed by atoms with Gasteiger partial charge in [0.05, 0.1) is 3.92 Å². The lowest BCUT2D eigenvalue weighted by Crippen LogP contribution is -1.91. The molecule has 0 aromatic heterocycles. The number of ether oxygens (including phenoxy) is 1. The van der Waals surface area contributed by atoms with Crippen LogP contribution in [0.5, 0.6) is 0 Å². The standard InChI is InChI=1S/C4H5IO2/c5-3-1-4(6)7-2-3/h3H,1-2H2/p+1. The van der Waals surface area contributed by atoms with E-state index in [9.17, 15) is 0 Å². The van der Waals surface area contributed by atoms with Gasteiger partial charge in [-0.3, -0.25) is 0 Å². The van der Waals surface area contributed by atoms with Gasteiger partial charge in [-0.05, 0) is 0 Å². The fourth-order valence-electron chi connectivity index (χ4n) is 0.494. The van der Waals surface area contributed by atoms with Gasteiger partial charge in [0, 0.05) is 0 Å². The third-order valence-corrected chi connectivity index (χ3v) is 1.63. The van der Waals surface area contributed by atoms with E-state index in [1.807, 2.05) is 0 Å². The van der Waals surface area contributed by atoms with Crippen LogP contribution in [0.4, 0.5) is 0 Å². The quantitative estimate of drug-likeness (QED) is 0.252. The number of hydrogen-bond donors (Lipinski definition) is 0. The van der Waals surface area contributed by atoms with E-state index < -0.39 is 0 Å². The van der Waals surface area contributed by atoms with Gasteiger partial charge in [0.2, 0.25) is 0 Å². The highest BCUT2D eigenvalue weighted by Crippen LogP contribution is 2.13. The number of rotatable bonds is 0. The number of cyclic esters (lactones) is 1. The molecule has 0 aromatic rings. The van der Waals surface area contributed by atoms with Crippen molar-refractivity contribution in [1.29, 1.82) is 0 Å². The SMILES string of the molecule is [OH+]=C1CC(I)CO1. The zero-order valence-electron chi connectivity index (χ0n) is 3.72. The Kier molecular flexibility index (Phi) is 1.51. The molecule has 1 N–H and O–H groups in total. The van der Waals surface area contributed by atoms with Crippen molar-refractivity contribution in [3.8, 4) is 0 Å². The first-order valence-electron chi connectivity index (χ1n) is 2.10. The summed E-state index contributed by atoms with van der Waals surface area (Å²) in [6, 6.07) is 0. The summed E-state index contributed by atoms with van der Waals surface area (Å²) in [5, 5.41) is 0. The molecule has 0 amide bonds. The lowest BCUT2D eigenvalue weighted by molar-refractivity contribution is 0.316. The first-order chi connectivity index (χ1) is 3.29. The monoisotopic (exact) mass is 213 g/mol. The predicted molar refractivity (Wildman–Crippen MR) is 35.3 cm³/mol. The van der Waals surface area contributed by atoms with Crippen molar-refractivity contribution in [3.63, 3.8) is 0 Å². The van der Waals surface area contributed by atoms with Crippen molar-refractivity contribution in [1.82, 2.24) is 0 Å². The maximum absolute atomic E-state index is 8.59. The second-order valence-electron chi connectivity index (χ2n) is 1.51. The molecule has 0 bridgehead atoms. The molecular formula is C4H6IO2+. The fourth-order valence-corrected chi connectivity index (χ4v) is 1.05. The van der Waals surface area contributed by atoms with Crippen LogP contribution in [0.2, 0.25) is 0 Å². The van der Waals surface area contributed by atoms with Crippen molar-refractivity contribution in [3.05, 3.63) is 0 Å². The smallest absolute Gasteiger partial charge is 0.339 e. The third-order valence-electron chi connectivity index (χ3n) is 0.827. The summed E-state index contributed by atoms with van der Waals surface area (Å²) in [5.74, 6) is 0.194. The molecule has 40 valence electrons. The minimum absolute atomic E-state index is 0.194. The molecule has 0 aromatic carbocycles. The Labute approximate surface area is 55.4 Å². The summed E-state index contributed by atoms with van der Waals surface area (Å²) >= 11 is 2.24. The molecule has 1 fully saturated rings. The zero-order chi connectivity index (χ0) is 5.28. The van der Waals surface area contributed by atoms with Crippen LogP contribution in [-0.4, -0.2) is 21.3 Å². The van der Waals surface area contributed by atoms with E-state index >= 15 is 0 Å². The average Bonchev–Trinajstić information content (AvgIpc) is 1.87. The highest BCUT2D eigenvalue weighted by atomic mass is 127. The predicted octanol–water partition coefficient (Wildman–Crippen LogP) is 0.713. The molecule has 1 rings (SSSR count). The van der Waals surface area contributed by atoms with Crippen LogP contribution in [0.15, 0.2) is 0 Å². The Morgan fingerprint density at radius 2 is 2.57 bits per heavy atom. The summed E-state index contributed by atoms with van der Waals surface area (Å²) < 4.78 is 5.21. The van der Waals surface area contributed by atoms with E-state index in [1.54, 1.807) is 0 Å². The van der Waals surface area contributed by atoms with Gasteiger partial charge in [-0.2, -0.15) is 0 Å². The highest BCUT2D eigenvalue weighted by Gasteiger charge is 2.28. The summed E-state index contributed by atoms with van der Waals surface area (Å²) in [6.45, 7) is 0.673. The maximum atomic E-state index is 8.59. The molecule has 0 spiro atoms. The largest absolute Gasteiger partial charge is 0.483 e. The molecule has 0 saturated carbocycles. The van der Waals surface area contributed by atoms with Crippen molar-refractivity contribution >= 4 is 28.6 Å². The van der Waals surface area contributed by atoms with E-state index in [-0.39, 0.29) is 5.97 Å². The molecule has 1 aliphatic rings. The molecule has 0 aliphatic carbocycles. The second kappa shape index (κ2) is 1.98. The molecule has 1 saturated heterocycles. The van der Waals surface area contributed by atoms with Crippen LogP contribution >= 0.6 is 22.6 Å². The molecule has 2 nitrogen and oxygen atoms in total. The Morgan fingerprint density at radius 1 is 1.86 bits per heavy atom. The minimum Gasteiger partial charge on any atom is -0.339 e. The van der Waals surface area contributed by atoms with Gasteiger partial charge in [-0.15, -0.1) is 0 Å². The number of hydrogen-bond acceptors (Lipinski definition) is 1. The number of carbonyl (C=O) groups excluding carboxylic acids is 1. The molecule has 0 radical (unpaired) electrons. The summed E-state index contributed by atoms with van der Waals surface area (Å²) in [5.41, 5.74) is 0. The number of halogens is 1. The minimum atomic E-state index is 0.194. The van der Waals surface area contributed by atoms with Gasteiger partial charge in [-0.25, -0.2) is 0 Å². The van der Waals surface area contributed by atoms with Crippen molar-refractivity contribution in [2.45, 2.75) is 10.3 Å². The van der Waals surface area contributed by atoms with Gasteiger partial charge in [0.1, 0.15) is 6.42 Å². The highest BCUT2D eigenvalue weighted by molar-refractivity contribution is 14.1. The Bertz CT molecular complexity index is 91.7. The second-order valence-corrected chi connectivity index (χ2v) is 3.27. The lowest BCUT2D eigenvalue weighted by atomic mass is 10.4. The van der Waals surface area contributed by atoms with E-state index in [0.717, 1.165) is 0 Å². The van der Waals surface area contributed by atoms with E-state index in [1.165, 1.54) is 0 Å². The van der Waals surface area contributed by atoms with Crippen LogP contribution in [0.1, 0.15) is 6.42 Å². The van der Waals surface area contributed by atoms with Crippen molar-refractivity contribution in [2.24, 2.45) is 0 Å². The average molecular weight is 213 g/mol. The van der Waals surface area contributed by atoms with Crippen LogP contribution in [0, 0.1) is 0 Å². The van der Waals surface area contributed by atoms with Crippen LogP contribution in [-0.2, 0) is 4.74 Å². The van der Waals surface area contributed by atoms with Crippen molar-refractivity contribution < 1.29 is 9.53 Å². The van der Waals surface area contributed by atoms with E-state index in [2.05, 4.69) is 22.6 Å². The van der Waals surface area contributed by atoms with Gasteiger partial charge in [0.15, 0.2) is 6.61 Å². The molecular weight excluding hydrogens is 207 g/mol. The molecule has 1 heterocycles. The zero-order valence-corrected chi connectivity index (χ0v) is 5.88. The van der Waals surface area contributed by atoms with Gasteiger partial charge < -0.3 is 9.53 Å². The van der Waals surface area contributed by atoms with Crippen LogP contribution < -0.4 is 0 Å². The molecule has 3 heteroatoms. The number of esters is 1. The topological polar surface area (TPSA) is 30.6 Å². The van der Waals surface area contributed by atoms with Crippen LogP contribution in [0.25, 0.3) is 0 Å². The molecule has 1 aliphatic heterocycles. The summed E-state index contributed by atoms with van der Waals surface area (Å²) in [6.07, 6.45) is 0.709. The van der Waals surface area contributed by atoms with E-state index in [4.69, 9.17) is 9.53 Å². The molecule has 7 heavy (non-hydrogen) atoms. The van der Waals surface area contributed by atoms with Gasteiger partial charge in [-0.1, -0.05) is 22.6 Å². The maximum Gasteiger partial charge on any atom is 0.483 e. The third kappa shape index (κ3) is 1.29. The Balaban J connectivity index is 2.40. The summed E-state index contributed by atoms with van der Waals surface area (Å²) in [7, 11) is 0. The van der Waals surface area contributed by atoms with Gasteiger partial charge in [0.25, 0.3) is 0 Å². The molecule has 1 atom stereocenters. The summed E-state index contributed by atoms with van der Waals surface area (Å²) in [4.78, 5) is 8.59. The normalized spacial score (nSPS) is 30.4. The van der Waals surface area contributed by atoms with E-state index in [0.29, 0.717) is 17.0 Å². The first-order valence-corrected chi connectivity index (χ1v) is 3.35. The van der Waals surface area contributed by atoms with Crippen LogP contribution in [0.3, 0.4) is 0 Å². The Morgan fingerprint density at radius 3 is 2.71 bits per heavy atom. The number of alkyl halides is 1. The first kappa shape index (κ1) is 5.34. The van der Waals surface area contributed by atoms with Gasteiger partial charge >= 0.3 is 5.97 Å². The Hall–Kier alpha value is 0.200. The van der Waals surface area contributed by atoms with Crippen molar-refractivity contribution in [2.75, 3.05) is 6.61 Å². The molecule has 1 unspecified atom stereocenters. The fraction of sp³-hybridized carbons (Fsp3) is 0.750.